The summed E-state index contributed by atoms with van der Waals surface area (Å²) in [5, 5.41) is 15.7. The normalized spacial score (nSPS) is 10.9. The number of halogens is 1. The van der Waals surface area contributed by atoms with Crippen LogP contribution in [0.25, 0.3) is 0 Å². The van der Waals surface area contributed by atoms with Gasteiger partial charge in [-0.15, -0.1) is 0 Å². The first-order chi connectivity index (χ1) is 14.1. The van der Waals surface area contributed by atoms with E-state index in [0.717, 1.165) is 21.0 Å². The molecule has 0 aliphatic heterocycles. The van der Waals surface area contributed by atoms with Gasteiger partial charge in [-0.1, -0.05) is 59.8 Å². The molecule has 3 aromatic rings. The van der Waals surface area contributed by atoms with Crippen LogP contribution in [0.4, 0.5) is 11.4 Å². The number of amides is 1. The molecule has 1 amide bonds. The lowest BCUT2D eigenvalue weighted by atomic mass is 10.2. The van der Waals surface area contributed by atoms with E-state index in [2.05, 4.69) is 10.6 Å². The number of hydrogen-bond donors (Lipinski definition) is 2. The third kappa shape index (κ3) is 5.64. The van der Waals surface area contributed by atoms with E-state index in [1.165, 1.54) is 6.20 Å². The van der Waals surface area contributed by atoms with Crippen LogP contribution in [0.15, 0.2) is 94.4 Å². The van der Waals surface area contributed by atoms with Crippen LogP contribution in [0, 0.1) is 18.3 Å². The van der Waals surface area contributed by atoms with Crippen molar-refractivity contribution in [3.8, 4) is 6.07 Å². The van der Waals surface area contributed by atoms with Gasteiger partial charge >= 0.3 is 0 Å². The number of nitrogens with zero attached hydrogens (tertiary/aromatic N) is 1. The van der Waals surface area contributed by atoms with Crippen LogP contribution in [-0.4, -0.2) is 5.91 Å². The van der Waals surface area contributed by atoms with Crippen LogP contribution in [-0.2, 0) is 4.79 Å². The molecule has 6 heteroatoms. The highest BCUT2D eigenvalue weighted by Gasteiger charge is 2.11. The van der Waals surface area contributed by atoms with Gasteiger partial charge in [0, 0.05) is 26.7 Å². The number of anilines is 2. The molecular formula is C23H18ClN3OS. The zero-order valence-electron chi connectivity index (χ0n) is 15.6. The quantitative estimate of drug-likeness (QED) is 0.365. The van der Waals surface area contributed by atoms with E-state index in [1.807, 2.05) is 73.7 Å². The summed E-state index contributed by atoms with van der Waals surface area (Å²) in [5.41, 5.74) is 2.21. The summed E-state index contributed by atoms with van der Waals surface area (Å²) in [4.78, 5) is 14.5. The molecule has 0 aliphatic rings. The van der Waals surface area contributed by atoms with E-state index in [-0.39, 0.29) is 5.57 Å². The number of nitriles is 1. The predicted octanol–water partition coefficient (Wildman–Crippen LogP) is 6.26. The van der Waals surface area contributed by atoms with Crippen LogP contribution in [0.3, 0.4) is 0 Å². The van der Waals surface area contributed by atoms with Crippen molar-refractivity contribution in [1.82, 2.24) is 0 Å². The average Bonchev–Trinajstić information content (AvgIpc) is 2.73. The minimum absolute atomic E-state index is 0.0405. The predicted molar refractivity (Wildman–Crippen MR) is 119 cm³/mol. The van der Waals surface area contributed by atoms with E-state index < -0.39 is 5.91 Å². The maximum atomic E-state index is 12.4. The molecule has 2 N–H and O–H groups in total. The maximum absolute atomic E-state index is 12.4. The molecule has 0 saturated carbocycles. The highest BCUT2D eigenvalue weighted by Crippen LogP contribution is 2.33. The molecule has 3 aromatic carbocycles. The molecule has 0 aliphatic carbocycles. The van der Waals surface area contributed by atoms with Crippen LogP contribution in [0.2, 0.25) is 5.02 Å². The molecule has 0 heterocycles. The number of carbonyl (C=O) groups is 1. The summed E-state index contributed by atoms with van der Waals surface area (Å²) in [6.45, 7) is 1.88. The van der Waals surface area contributed by atoms with Gasteiger partial charge in [-0.2, -0.15) is 5.26 Å². The Bertz CT molecular complexity index is 1090. The van der Waals surface area contributed by atoms with Crippen molar-refractivity contribution < 1.29 is 4.79 Å². The zero-order valence-corrected chi connectivity index (χ0v) is 17.2. The highest BCUT2D eigenvalue weighted by molar-refractivity contribution is 7.99. The van der Waals surface area contributed by atoms with Gasteiger partial charge in [0.05, 0.1) is 5.69 Å². The first-order valence-corrected chi connectivity index (χ1v) is 10.0. The van der Waals surface area contributed by atoms with Gasteiger partial charge in [-0.05, 0) is 48.9 Å². The average molecular weight is 420 g/mol. The minimum Gasteiger partial charge on any atom is -0.359 e. The third-order valence-corrected chi connectivity index (χ3v) is 5.52. The molecule has 0 saturated heterocycles. The Morgan fingerprint density at radius 1 is 1.07 bits per heavy atom. The van der Waals surface area contributed by atoms with E-state index in [1.54, 1.807) is 23.9 Å². The summed E-state index contributed by atoms with van der Waals surface area (Å²) in [5.74, 6) is -0.506. The van der Waals surface area contributed by atoms with E-state index in [0.29, 0.717) is 10.7 Å². The molecule has 0 fully saturated rings. The first-order valence-electron chi connectivity index (χ1n) is 8.83. The zero-order chi connectivity index (χ0) is 20.6. The van der Waals surface area contributed by atoms with Crippen molar-refractivity contribution in [1.29, 1.82) is 5.26 Å². The second-order valence-electron chi connectivity index (χ2n) is 6.14. The molecule has 29 heavy (non-hydrogen) atoms. The van der Waals surface area contributed by atoms with Crippen LogP contribution < -0.4 is 10.6 Å². The van der Waals surface area contributed by atoms with Crippen molar-refractivity contribution in [2.75, 3.05) is 10.6 Å². The monoisotopic (exact) mass is 419 g/mol. The van der Waals surface area contributed by atoms with Gasteiger partial charge in [0.2, 0.25) is 0 Å². The number of benzene rings is 3. The Morgan fingerprint density at radius 3 is 2.52 bits per heavy atom. The lowest BCUT2D eigenvalue weighted by Gasteiger charge is -2.10. The number of aryl methyl sites for hydroxylation is 1. The standard InChI is InChI=1S/C23H18ClN3OS/c1-16-11-12-18(13-20(16)24)27-23(28)17(14-25)15-26-21-9-5-6-10-22(21)29-19-7-3-2-4-8-19/h2-13,15,26H,1H3,(H,27,28)/b17-15-. The number of carbonyl (C=O) groups excluding carboxylic acids is 1. The van der Waals surface area contributed by atoms with E-state index in [4.69, 9.17) is 11.6 Å². The molecule has 0 atom stereocenters. The van der Waals surface area contributed by atoms with Crippen molar-refractivity contribution in [3.05, 3.63) is 95.2 Å². The van der Waals surface area contributed by atoms with E-state index >= 15 is 0 Å². The molecule has 4 nitrogen and oxygen atoms in total. The summed E-state index contributed by atoms with van der Waals surface area (Å²) in [6, 6.07) is 24.8. The molecule has 0 radical (unpaired) electrons. The molecule has 0 aromatic heterocycles. The van der Waals surface area contributed by atoms with Gasteiger partial charge in [0.15, 0.2) is 0 Å². The summed E-state index contributed by atoms with van der Waals surface area (Å²) >= 11 is 7.69. The Labute approximate surface area is 179 Å². The Morgan fingerprint density at radius 2 is 1.79 bits per heavy atom. The number of rotatable bonds is 6. The first kappa shape index (κ1) is 20.5. The fourth-order valence-corrected chi connectivity index (χ4v) is 3.57. The smallest absolute Gasteiger partial charge is 0.267 e. The van der Waals surface area contributed by atoms with Crippen molar-refractivity contribution in [2.24, 2.45) is 0 Å². The molecule has 144 valence electrons. The second kappa shape index (κ2) is 9.83. The topological polar surface area (TPSA) is 64.9 Å². The Hall–Kier alpha value is -3.20. The minimum atomic E-state index is -0.506. The SMILES string of the molecule is Cc1ccc(NC(=O)/C(C#N)=C\Nc2ccccc2Sc2ccccc2)cc1Cl. The van der Waals surface area contributed by atoms with Crippen LogP contribution >= 0.6 is 23.4 Å². The van der Waals surface area contributed by atoms with Crippen LogP contribution in [0.5, 0.6) is 0 Å². The van der Waals surface area contributed by atoms with Gasteiger partial charge in [0.1, 0.15) is 11.6 Å². The molecule has 0 spiro atoms. The molecule has 0 bridgehead atoms. The second-order valence-corrected chi connectivity index (χ2v) is 7.67. The molecule has 0 unspecified atom stereocenters. The van der Waals surface area contributed by atoms with Gasteiger partial charge in [-0.25, -0.2) is 0 Å². The highest BCUT2D eigenvalue weighted by atomic mass is 35.5. The maximum Gasteiger partial charge on any atom is 0.267 e. The summed E-state index contributed by atoms with van der Waals surface area (Å²) in [6.07, 6.45) is 1.41. The number of nitrogens with one attached hydrogen (secondary N) is 2. The summed E-state index contributed by atoms with van der Waals surface area (Å²) in [7, 11) is 0. The summed E-state index contributed by atoms with van der Waals surface area (Å²) < 4.78 is 0. The fraction of sp³-hybridized carbons (Fsp3) is 0.0435. The van der Waals surface area contributed by atoms with Crippen molar-refractivity contribution in [3.63, 3.8) is 0 Å². The molecular weight excluding hydrogens is 402 g/mol. The van der Waals surface area contributed by atoms with Crippen molar-refractivity contribution in [2.45, 2.75) is 16.7 Å². The Kier molecular flexibility index (Phi) is 6.96. The van der Waals surface area contributed by atoms with Gasteiger partial charge in [-0.3, -0.25) is 4.79 Å². The lowest BCUT2D eigenvalue weighted by Crippen LogP contribution is -2.14. The number of hydrogen-bond acceptors (Lipinski definition) is 4. The third-order valence-electron chi connectivity index (χ3n) is 4.02. The molecule has 3 rings (SSSR count). The van der Waals surface area contributed by atoms with Crippen LogP contribution in [0.1, 0.15) is 5.56 Å². The Balaban J connectivity index is 1.74. The largest absolute Gasteiger partial charge is 0.359 e. The van der Waals surface area contributed by atoms with Gasteiger partial charge in [0.25, 0.3) is 5.91 Å². The number of para-hydroxylation sites is 1. The van der Waals surface area contributed by atoms with E-state index in [9.17, 15) is 10.1 Å². The van der Waals surface area contributed by atoms with Crippen molar-refractivity contribution >= 4 is 40.6 Å². The van der Waals surface area contributed by atoms with Gasteiger partial charge < -0.3 is 10.6 Å². The lowest BCUT2D eigenvalue weighted by molar-refractivity contribution is -0.112. The fourth-order valence-electron chi connectivity index (χ4n) is 2.46.